The van der Waals surface area contributed by atoms with E-state index < -0.39 is 10.8 Å². The maximum absolute atomic E-state index is 12.3. The molecule has 7 nitrogen and oxygen atoms in total. The van der Waals surface area contributed by atoms with Gasteiger partial charge >= 0.3 is 0 Å². The van der Waals surface area contributed by atoms with Crippen LogP contribution >= 0.6 is 23.2 Å². The number of ether oxygens (including phenoxy) is 1. The molecule has 2 aromatic carbocycles. The van der Waals surface area contributed by atoms with Crippen molar-refractivity contribution in [2.75, 3.05) is 5.32 Å². The molecule has 0 spiro atoms. The fraction of sp³-hybridized carbons (Fsp3) is 0. The van der Waals surface area contributed by atoms with Gasteiger partial charge in [0, 0.05) is 30.1 Å². The average Bonchev–Trinajstić information content (AvgIpc) is 2.65. The van der Waals surface area contributed by atoms with Gasteiger partial charge in [-0.3, -0.25) is 14.9 Å². The summed E-state index contributed by atoms with van der Waals surface area (Å²) in [6, 6.07) is 13.5. The van der Waals surface area contributed by atoms with Gasteiger partial charge in [0.25, 0.3) is 11.6 Å². The highest BCUT2D eigenvalue weighted by atomic mass is 35.5. The number of nitro groups is 1. The molecular weight excluding hydrogens is 393 g/mol. The minimum atomic E-state index is -0.593. The first-order valence-corrected chi connectivity index (χ1v) is 8.33. The SMILES string of the molecule is O=C(Nc1ccc(Oc2ccc(Cl)cn2)cc1)c1cc([N+](=O)[O-])ccc1Cl. The first-order valence-electron chi connectivity index (χ1n) is 7.57. The predicted octanol–water partition coefficient (Wildman–Crippen LogP) is 5.34. The maximum Gasteiger partial charge on any atom is 0.270 e. The van der Waals surface area contributed by atoms with Gasteiger partial charge in [-0.2, -0.15) is 0 Å². The zero-order chi connectivity index (χ0) is 19.4. The van der Waals surface area contributed by atoms with E-state index in [-0.39, 0.29) is 16.3 Å². The Morgan fingerprint density at radius 1 is 1.07 bits per heavy atom. The van der Waals surface area contributed by atoms with Crippen molar-refractivity contribution in [2.45, 2.75) is 0 Å². The van der Waals surface area contributed by atoms with Crippen LogP contribution in [0.2, 0.25) is 10.0 Å². The van der Waals surface area contributed by atoms with Crippen molar-refractivity contribution in [2.24, 2.45) is 0 Å². The van der Waals surface area contributed by atoms with Crippen LogP contribution in [-0.2, 0) is 0 Å². The van der Waals surface area contributed by atoms with Crippen LogP contribution in [0.1, 0.15) is 10.4 Å². The second kappa shape index (κ2) is 8.03. The summed E-state index contributed by atoms with van der Waals surface area (Å²) >= 11 is 11.7. The molecule has 0 aliphatic rings. The Balaban J connectivity index is 1.71. The van der Waals surface area contributed by atoms with Crippen LogP contribution in [0.15, 0.2) is 60.8 Å². The highest BCUT2D eigenvalue weighted by molar-refractivity contribution is 6.34. The van der Waals surface area contributed by atoms with Gasteiger partial charge in [-0.25, -0.2) is 4.98 Å². The number of pyridine rings is 1. The van der Waals surface area contributed by atoms with Crippen LogP contribution in [-0.4, -0.2) is 15.8 Å². The predicted molar refractivity (Wildman–Crippen MR) is 102 cm³/mol. The van der Waals surface area contributed by atoms with Gasteiger partial charge in [0.1, 0.15) is 5.75 Å². The standard InChI is InChI=1S/C18H11Cl2N3O4/c19-11-1-8-17(21-10-11)27-14-5-2-12(3-6-14)22-18(24)15-9-13(23(25)26)4-7-16(15)20/h1-10H,(H,22,24). The van der Waals surface area contributed by atoms with Gasteiger partial charge in [-0.15, -0.1) is 0 Å². The number of hydrogen-bond acceptors (Lipinski definition) is 5. The van der Waals surface area contributed by atoms with E-state index in [2.05, 4.69) is 10.3 Å². The molecule has 1 N–H and O–H groups in total. The van der Waals surface area contributed by atoms with Crippen LogP contribution in [0, 0.1) is 10.1 Å². The lowest BCUT2D eigenvalue weighted by atomic mass is 10.2. The second-order valence-corrected chi connectivity index (χ2v) is 6.16. The molecule has 136 valence electrons. The summed E-state index contributed by atoms with van der Waals surface area (Å²) < 4.78 is 5.56. The Bertz CT molecular complexity index is 992. The molecule has 0 bridgehead atoms. The van der Waals surface area contributed by atoms with Gasteiger partial charge in [0.15, 0.2) is 0 Å². The molecule has 0 aliphatic carbocycles. The van der Waals surface area contributed by atoms with Crippen molar-refractivity contribution < 1.29 is 14.5 Å². The topological polar surface area (TPSA) is 94.4 Å². The molecule has 0 saturated heterocycles. The number of carbonyl (C=O) groups is 1. The third-order valence-corrected chi connectivity index (χ3v) is 3.99. The quantitative estimate of drug-likeness (QED) is 0.458. The lowest BCUT2D eigenvalue weighted by Crippen LogP contribution is -2.12. The Kier molecular flexibility index (Phi) is 5.54. The molecule has 0 atom stereocenters. The summed E-state index contributed by atoms with van der Waals surface area (Å²) in [5, 5.41) is 14.1. The van der Waals surface area contributed by atoms with E-state index in [0.717, 1.165) is 6.07 Å². The number of non-ortho nitro benzene ring substituents is 1. The van der Waals surface area contributed by atoms with E-state index in [0.29, 0.717) is 22.3 Å². The van der Waals surface area contributed by atoms with Gasteiger partial charge < -0.3 is 10.1 Å². The number of nitro benzene ring substituents is 1. The Morgan fingerprint density at radius 3 is 2.44 bits per heavy atom. The van der Waals surface area contributed by atoms with E-state index in [1.165, 1.54) is 18.3 Å². The molecule has 1 aromatic heterocycles. The zero-order valence-electron chi connectivity index (χ0n) is 13.6. The zero-order valence-corrected chi connectivity index (χ0v) is 15.1. The number of nitrogens with zero attached hydrogens (tertiary/aromatic N) is 2. The van der Waals surface area contributed by atoms with Crippen molar-refractivity contribution in [3.05, 3.63) is 86.5 Å². The van der Waals surface area contributed by atoms with Crippen LogP contribution in [0.25, 0.3) is 0 Å². The van der Waals surface area contributed by atoms with Crippen molar-refractivity contribution in [3.8, 4) is 11.6 Å². The average molecular weight is 404 g/mol. The highest BCUT2D eigenvalue weighted by Crippen LogP contribution is 2.25. The molecule has 0 unspecified atom stereocenters. The van der Waals surface area contributed by atoms with Gasteiger partial charge in [-0.1, -0.05) is 23.2 Å². The Hall–Kier alpha value is -3.16. The van der Waals surface area contributed by atoms with E-state index in [1.54, 1.807) is 36.4 Å². The maximum atomic E-state index is 12.3. The normalized spacial score (nSPS) is 10.3. The summed E-state index contributed by atoms with van der Waals surface area (Å²) in [6.45, 7) is 0. The van der Waals surface area contributed by atoms with E-state index in [9.17, 15) is 14.9 Å². The summed E-state index contributed by atoms with van der Waals surface area (Å²) in [7, 11) is 0. The molecule has 0 radical (unpaired) electrons. The second-order valence-electron chi connectivity index (χ2n) is 5.32. The fourth-order valence-corrected chi connectivity index (χ4v) is 2.46. The van der Waals surface area contributed by atoms with E-state index in [4.69, 9.17) is 27.9 Å². The van der Waals surface area contributed by atoms with Crippen LogP contribution in [0.4, 0.5) is 11.4 Å². The smallest absolute Gasteiger partial charge is 0.270 e. The molecule has 0 fully saturated rings. The molecule has 9 heteroatoms. The number of hydrogen-bond donors (Lipinski definition) is 1. The number of aromatic nitrogens is 1. The molecular formula is C18H11Cl2N3O4. The number of anilines is 1. The first-order chi connectivity index (χ1) is 12.9. The third kappa shape index (κ3) is 4.72. The molecule has 0 saturated carbocycles. The van der Waals surface area contributed by atoms with Crippen molar-refractivity contribution in [1.29, 1.82) is 0 Å². The summed E-state index contributed by atoms with van der Waals surface area (Å²) in [4.78, 5) is 26.6. The van der Waals surface area contributed by atoms with Crippen molar-refractivity contribution in [3.63, 3.8) is 0 Å². The van der Waals surface area contributed by atoms with Crippen LogP contribution in [0.3, 0.4) is 0 Å². The third-order valence-electron chi connectivity index (χ3n) is 3.44. The molecule has 1 heterocycles. The Morgan fingerprint density at radius 2 is 1.81 bits per heavy atom. The fourth-order valence-electron chi connectivity index (χ4n) is 2.15. The number of benzene rings is 2. The number of halogens is 2. The molecule has 27 heavy (non-hydrogen) atoms. The van der Waals surface area contributed by atoms with Crippen molar-refractivity contribution in [1.82, 2.24) is 4.98 Å². The van der Waals surface area contributed by atoms with Crippen molar-refractivity contribution >= 4 is 40.5 Å². The summed E-state index contributed by atoms with van der Waals surface area (Å²) in [6.07, 6.45) is 1.47. The molecule has 3 rings (SSSR count). The molecule has 3 aromatic rings. The van der Waals surface area contributed by atoms with Crippen LogP contribution < -0.4 is 10.1 Å². The molecule has 1 amide bonds. The summed E-state index contributed by atoms with van der Waals surface area (Å²) in [5.41, 5.74) is 0.263. The molecule has 0 aliphatic heterocycles. The largest absolute Gasteiger partial charge is 0.439 e. The lowest BCUT2D eigenvalue weighted by molar-refractivity contribution is -0.384. The highest BCUT2D eigenvalue weighted by Gasteiger charge is 2.16. The lowest BCUT2D eigenvalue weighted by Gasteiger charge is -2.08. The number of nitrogens with one attached hydrogen (secondary N) is 1. The van der Waals surface area contributed by atoms with Crippen LogP contribution in [0.5, 0.6) is 11.6 Å². The van der Waals surface area contributed by atoms with Gasteiger partial charge in [-0.05, 0) is 36.4 Å². The number of carbonyl (C=O) groups excluding carboxylic acids is 1. The van der Waals surface area contributed by atoms with Gasteiger partial charge in [0.05, 0.1) is 20.5 Å². The Labute approximate surface area is 163 Å². The van der Waals surface area contributed by atoms with E-state index in [1.807, 2.05) is 0 Å². The van der Waals surface area contributed by atoms with E-state index >= 15 is 0 Å². The monoisotopic (exact) mass is 403 g/mol. The first kappa shape index (κ1) is 18.6. The van der Waals surface area contributed by atoms with Gasteiger partial charge in [0.2, 0.25) is 5.88 Å². The minimum Gasteiger partial charge on any atom is -0.439 e. The number of rotatable bonds is 5. The summed E-state index contributed by atoms with van der Waals surface area (Å²) in [5.74, 6) is 0.326. The minimum absolute atomic E-state index is 0.0107. The number of amides is 1.